The lowest BCUT2D eigenvalue weighted by Gasteiger charge is -2.09. The molecule has 0 aromatic heterocycles. The fourth-order valence-electron chi connectivity index (χ4n) is 1.57. The zero-order valence-electron chi connectivity index (χ0n) is 10.5. The van der Waals surface area contributed by atoms with Gasteiger partial charge in [0.05, 0.1) is 11.6 Å². The van der Waals surface area contributed by atoms with Crippen molar-refractivity contribution in [3.63, 3.8) is 0 Å². The van der Waals surface area contributed by atoms with Crippen LogP contribution >= 0.6 is 11.6 Å². The molecule has 106 valence electrons. The van der Waals surface area contributed by atoms with Crippen LogP contribution in [0.25, 0.3) is 0 Å². The first-order chi connectivity index (χ1) is 9.44. The van der Waals surface area contributed by atoms with Crippen LogP contribution in [0.2, 0.25) is 5.02 Å². The quantitative estimate of drug-likeness (QED) is 0.801. The molecule has 0 radical (unpaired) electrons. The highest BCUT2D eigenvalue weighted by Gasteiger charge is 2.29. The number of sulfonamides is 1. The number of amides is 1. The molecule has 0 heterocycles. The van der Waals surface area contributed by atoms with E-state index in [1.807, 2.05) is 0 Å². The van der Waals surface area contributed by atoms with E-state index in [1.54, 1.807) is 0 Å². The van der Waals surface area contributed by atoms with Gasteiger partial charge in [-0.25, -0.2) is 13.1 Å². The van der Waals surface area contributed by atoms with Crippen molar-refractivity contribution in [2.75, 3.05) is 6.54 Å². The third kappa shape index (κ3) is 3.51. The van der Waals surface area contributed by atoms with Gasteiger partial charge in [-0.2, -0.15) is 0 Å². The first-order valence-corrected chi connectivity index (χ1v) is 7.83. The summed E-state index contributed by atoms with van der Waals surface area (Å²) in [6.45, 7) is 0.0733. The summed E-state index contributed by atoms with van der Waals surface area (Å²) >= 11 is 5.91. The van der Waals surface area contributed by atoms with E-state index in [1.165, 1.54) is 18.2 Å². The van der Waals surface area contributed by atoms with Gasteiger partial charge >= 0.3 is 0 Å². The topological polar surface area (TPSA) is 75.3 Å². The van der Waals surface area contributed by atoms with Crippen molar-refractivity contribution in [2.45, 2.75) is 23.8 Å². The molecule has 2 N–H and O–H groups in total. The normalized spacial score (nSPS) is 14.6. The van der Waals surface area contributed by atoms with Gasteiger partial charge in [-0.15, -0.1) is 6.42 Å². The van der Waals surface area contributed by atoms with E-state index in [4.69, 9.17) is 18.0 Å². The summed E-state index contributed by atoms with van der Waals surface area (Å²) in [6.07, 6.45) is 6.69. The molecule has 2 rings (SSSR count). The molecule has 0 unspecified atom stereocenters. The van der Waals surface area contributed by atoms with E-state index in [9.17, 15) is 13.2 Å². The SMILES string of the molecule is C#CCNC(=O)c1ccc(Cl)c(S(=O)(=O)NC2CC2)c1. The van der Waals surface area contributed by atoms with Crippen LogP contribution in [0.15, 0.2) is 23.1 Å². The van der Waals surface area contributed by atoms with Crippen LogP contribution in [0.4, 0.5) is 0 Å². The highest BCUT2D eigenvalue weighted by Crippen LogP contribution is 2.26. The van der Waals surface area contributed by atoms with E-state index in [0.29, 0.717) is 0 Å². The zero-order chi connectivity index (χ0) is 14.8. The molecule has 1 amide bonds. The van der Waals surface area contributed by atoms with Crippen LogP contribution in [0.3, 0.4) is 0 Å². The van der Waals surface area contributed by atoms with Gasteiger partial charge in [0, 0.05) is 11.6 Å². The molecule has 1 aromatic carbocycles. The van der Waals surface area contributed by atoms with Gasteiger partial charge in [-0.1, -0.05) is 17.5 Å². The van der Waals surface area contributed by atoms with Crippen molar-refractivity contribution in [1.29, 1.82) is 0 Å². The first-order valence-electron chi connectivity index (χ1n) is 5.97. The Bertz CT molecular complexity index is 675. The molecular weight excluding hydrogens is 300 g/mol. The summed E-state index contributed by atoms with van der Waals surface area (Å²) in [5.74, 6) is 1.83. The van der Waals surface area contributed by atoms with Crippen LogP contribution in [-0.2, 0) is 10.0 Å². The number of hydrogen-bond acceptors (Lipinski definition) is 3. The Morgan fingerprint density at radius 3 is 2.75 bits per heavy atom. The molecule has 0 atom stereocenters. The minimum atomic E-state index is -3.71. The average molecular weight is 313 g/mol. The smallest absolute Gasteiger partial charge is 0.252 e. The Labute approximate surface area is 122 Å². The van der Waals surface area contributed by atoms with E-state index in [0.717, 1.165) is 12.8 Å². The van der Waals surface area contributed by atoms with Crippen LogP contribution < -0.4 is 10.0 Å². The standard InChI is InChI=1S/C13H13ClN2O3S/c1-2-7-15-13(17)9-3-6-11(14)12(8-9)20(18,19)16-10-4-5-10/h1,3,6,8,10,16H,4-5,7H2,(H,15,17). The second-order valence-electron chi connectivity index (χ2n) is 4.43. The Hall–Kier alpha value is -1.55. The number of carbonyl (C=O) groups is 1. The summed E-state index contributed by atoms with van der Waals surface area (Å²) in [5.41, 5.74) is 0.195. The Kier molecular flexibility index (Phi) is 4.33. The molecule has 1 saturated carbocycles. The Balaban J connectivity index is 2.29. The van der Waals surface area contributed by atoms with Crippen LogP contribution in [0.5, 0.6) is 0 Å². The van der Waals surface area contributed by atoms with E-state index < -0.39 is 15.9 Å². The Morgan fingerprint density at radius 2 is 2.15 bits per heavy atom. The summed E-state index contributed by atoms with van der Waals surface area (Å²) in [5, 5.41) is 2.54. The summed E-state index contributed by atoms with van der Waals surface area (Å²) in [7, 11) is -3.71. The van der Waals surface area contributed by atoms with Crippen molar-refractivity contribution in [3.05, 3.63) is 28.8 Å². The highest BCUT2D eigenvalue weighted by molar-refractivity contribution is 7.89. The predicted octanol–water partition coefficient (Wildman–Crippen LogP) is 1.14. The van der Waals surface area contributed by atoms with Crippen LogP contribution in [-0.4, -0.2) is 26.9 Å². The summed E-state index contributed by atoms with van der Waals surface area (Å²) < 4.78 is 26.8. The van der Waals surface area contributed by atoms with Gasteiger partial charge < -0.3 is 5.32 Å². The minimum Gasteiger partial charge on any atom is -0.341 e. The number of rotatable bonds is 5. The third-order valence-corrected chi connectivity index (χ3v) is 4.74. The maximum absolute atomic E-state index is 12.1. The number of carbonyl (C=O) groups excluding carboxylic acids is 1. The second-order valence-corrected chi connectivity index (χ2v) is 6.52. The molecule has 5 nitrogen and oxygen atoms in total. The number of halogens is 1. The summed E-state index contributed by atoms with van der Waals surface area (Å²) in [4.78, 5) is 11.7. The molecule has 0 aliphatic heterocycles. The monoisotopic (exact) mass is 312 g/mol. The van der Waals surface area contributed by atoms with Gasteiger partial charge in [-0.05, 0) is 31.0 Å². The molecule has 0 spiro atoms. The van der Waals surface area contributed by atoms with Crippen molar-refractivity contribution in [1.82, 2.24) is 10.0 Å². The highest BCUT2D eigenvalue weighted by atomic mass is 35.5. The van der Waals surface area contributed by atoms with Gasteiger partial charge in [0.15, 0.2) is 0 Å². The molecule has 0 saturated heterocycles. The van der Waals surface area contributed by atoms with Gasteiger partial charge in [0.1, 0.15) is 4.90 Å². The van der Waals surface area contributed by atoms with Crippen LogP contribution in [0.1, 0.15) is 23.2 Å². The molecule has 20 heavy (non-hydrogen) atoms. The molecule has 1 aliphatic rings. The molecule has 1 aliphatic carbocycles. The zero-order valence-corrected chi connectivity index (χ0v) is 12.1. The fraction of sp³-hybridized carbons (Fsp3) is 0.308. The van der Waals surface area contributed by atoms with Crippen molar-refractivity contribution in [2.24, 2.45) is 0 Å². The van der Waals surface area contributed by atoms with Gasteiger partial charge in [-0.3, -0.25) is 4.79 Å². The van der Waals surface area contributed by atoms with Gasteiger partial charge in [0.25, 0.3) is 5.91 Å². The fourth-order valence-corrected chi connectivity index (χ4v) is 3.40. The lowest BCUT2D eigenvalue weighted by molar-refractivity contribution is 0.0958. The molecule has 1 aromatic rings. The second kappa shape index (κ2) is 5.83. The van der Waals surface area contributed by atoms with E-state index in [2.05, 4.69) is 16.0 Å². The van der Waals surface area contributed by atoms with Gasteiger partial charge in [0.2, 0.25) is 10.0 Å². The van der Waals surface area contributed by atoms with Crippen molar-refractivity contribution < 1.29 is 13.2 Å². The molecule has 7 heteroatoms. The lowest BCUT2D eigenvalue weighted by atomic mass is 10.2. The summed E-state index contributed by atoms with van der Waals surface area (Å²) in [6, 6.07) is 4.05. The number of terminal acetylenes is 1. The van der Waals surface area contributed by atoms with Crippen LogP contribution in [0, 0.1) is 12.3 Å². The van der Waals surface area contributed by atoms with E-state index in [-0.39, 0.29) is 28.1 Å². The van der Waals surface area contributed by atoms with Crippen molar-refractivity contribution >= 4 is 27.5 Å². The maximum Gasteiger partial charge on any atom is 0.252 e. The Morgan fingerprint density at radius 1 is 1.45 bits per heavy atom. The lowest BCUT2D eigenvalue weighted by Crippen LogP contribution is -2.27. The van der Waals surface area contributed by atoms with E-state index >= 15 is 0 Å². The predicted molar refractivity (Wildman–Crippen MR) is 76.0 cm³/mol. The maximum atomic E-state index is 12.1. The molecule has 1 fully saturated rings. The molecule has 0 bridgehead atoms. The number of nitrogens with one attached hydrogen (secondary N) is 2. The van der Waals surface area contributed by atoms with Crippen molar-refractivity contribution in [3.8, 4) is 12.3 Å². The third-order valence-electron chi connectivity index (χ3n) is 2.73. The first kappa shape index (κ1) is 14.9. The average Bonchev–Trinajstić information content (AvgIpc) is 3.19. The largest absolute Gasteiger partial charge is 0.341 e. The minimum absolute atomic E-state index is 0.0324. The molecular formula is C13H13ClN2O3S. The number of hydrogen-bond donors (Lipinski definition) is 2. The number of benzene rings is 1.